The van der Waals surface area contributed by atoms with Gasteiger partial charge in [0.15, 0.2) is 0 Å². The van der Waals surface area contributed by atoms with Crippen LogP contribution in [-0.4, -0.2) is 23.9 Å². The van der Waals surface area contributed by atoms with E-state index in [0.717, 1.165) is 25.2 Å². The van der Waals surface area contributed by atoms with Crippen LogP contribution in [0.1, 0.15) is 53.4 Å². The zero-order valence-corrected chi connectivity index (χ0v) is 10.1. The summed E-state index contributed by atoms with van der Waals surface area (Å²) >= 11 is 0. The van der Waals surface area contributed by atoms with E-state index in [1.54, 1.807) is 0 Å². The second-order valence-electron chi connectivity index (χ2n) is 4.29. The van der Waals surface area contributed by atoms with Gasteiger partial charge in [-0.15, -0.1) is 0 Å². The van der Waals surface area contributed by atoms with Crippen LogP contribution in [0.4, 0.5) is 0 Å². The maximum atomic E-state index is 9.83. The summed E-state index contributed by atoms with van der Waals surface area (Å²) in [7, 11) is 0. The summed E-state index contributed by atoms with van der Waals surface area (Å²) in [6.45, 7) is 9.16. The molecular formula is C12H26O2. The summed E-state index contributed by atoms with van der Waals surface area (Å²) in [6, 6.07) is 0. The summed E-state index contributed by atoms with van der Waals surface area (Å²) in [5.41, 5.74) is 0. The number of rotatable bonds is 8. The molecule has 2 unspecified atom stereocenters. The predicted molar refractivity (Wildman–Crippen MR) is 60.4 cm³/mol. The Balaban J connectivity index is 3.63. The summed E-state index contributed by atoms with van der Waals surface area (Å²) in [6.07, 6.45) is 3.82. The van der Waals surface area contributed by atoms with Crippen LogP contribution in [0.5, 0.6) is 0 Å². The zero-order valence-electron chi connectivity index (χ0n) is 10.1. The Hall–Kier alpha value is -0.0800. The molecule has 2 atom stereocenters. The van der Waals surface area contributed by atoms with Gasteiger partial charge in [-0.3, -0.25) is 0 Å². The Morgan fingerprint density at radius 3 is 2.21 bits per heavy atom. The highest BCUT2D eigenvalue weighted by molar-refractivity contribution is 4.67. The molecule has 0 amide bonds. The minimum Gasteiger partial charge on any atom is -0.390 e. The van der Waals surface area contributed by atoms with Crippen molar-refractivity contribution in [2.75, 3.05) is 6.61 Å². The van der Waals surface area contributed by atoms with Gasteiger partial charge in [0, 0.05) is 6.61 Å². The van der Waals surface area contributed by atoms with Gasteiger partial charge in [0.1, 0.15) is 0 Å². The minimum absolute atomic E-state index is 0.0344. The van der Waals surface area contributed by atoms with Crippen molar-refractivity contribution in [3.8, 4) is 0 Å². The van der Waals surface area contributed by atoms with Gasteiger partial charge in [-0.25, -0.2) is 0 Å². The van der Waals surface area contributed by atoms with E-state index < -0.39 is 0 Å². The minimum atomic E-state index is -0.279. The summed E-state index contributed by atoms with van der Waals surface area (Å²) < 4.78 is 5.46. The standard InChI is InChI=1S/C12H26O2/c1-5-12(14-6-2)11(13)9-7-8-10(3)4/h10-13H,5-9H2,1-4H3. The topological polar surface area (TPSA) is 29.5 Å². The van der Waals surface area contributed by atoms with E-state index >= 15 is 0 Å². The van der Waals surface area contributed by atoms with Crippen molar-refractivity contribution < 1.29 is 9.84 Å². The third-order valence-corrected chi connectivity index (χ3v) is 2.49. The average molecular weight is 202 g/mol. The lowest BCUT2D eigenvalue weighted by Gasteiger charge is -2.21. The van der Waals surface area contributed by atoms with Crippen LogP contribution in [0.25, 0.3) is 0 Å². The van der Waals surface area contributed by atoms with E-state index in [9.17, 15) is 5.11 Å². The number of aliphatic hydroxyl groups is 1. The van der Waals surface area contributed by atoms with Crippen LogP contribution in [0.3, 0.4) is 0 Å². The molecule has 0 aromatic heterocycles. The first-order valence-corrected chi connectivity index (χ1v) is 5.91. The molecule has 0 saturated carbocycles. The Bertz CT molecular complexity index is 123. The SMILES string of the molecule is CCOC(CC)C(O)CCCC(C)C. The summed E-state index contributed by atoms with van der Waals surface area (Å²) in [5.74, 6) is 0.731. The molecule has 0 rings (SSSR count). The van der Waals surface area contributed by atoms with E-state index in [0.29, 0.717) is 6.61 Å². The predicted octanol–water partition coefficient (Wildman–Crippen LogP) is 2.99. The number of hydrogen-bond acceptors (Lipinski definition) is 2. The van der Waals surface area contributed by atoms with Crippen LogP contribution in [0, 0.1) is 5.92 Å². The Labute approximate surface area is 88.7 Å². The fourth-order valence-corrected chi connectivity index (χ4v) is 1.64. The van der Waals surface area contributed by atoms with Gasteiger partial charge in [-0.1, -0.05) is 33.6 Å². The van der Waals surface area contributed by atoms with Crippen molar-refractivity contribution in [2.45, 2.75) is 65.6 Å². The van der Waals surface area contributed by atoms with E-state index in [-0.39, 0.29) is 12.2 Å². The molecule has 14 heavy (non-hydrogen) atoms. The maximum absolute atomic E-state index is 9.83. The second kappa shape index (κ2) is 8.25. The first kappa shape index (κ1) is 13.9. The number of ether oxygens (including phenoxy) is 1. The van der Waals surface area contributed by atoms with E-state index in [1.807, 2.05) is 6.92 Å². The quantitative estimate of drug-likeness (QED) is 0.655. The molecule has 86 valence electrons. The van der Waals surface area contributed by atoms with E-state index in [1.165, 1.54) is 6.42 Å². The highest BCUT2D eigenvalue weighted by atomic mass is 16.5. The third-order valence-electron chi connectivity index (χ3n) is 2.49. The number of aliphatic hydroxyl groups excluding tert-OH is 1. The van der Waals surface area contributed by atoms with Crippen molar-refractivity contribution in [2.24, 2.45) is 5.92 Å². The van der Waals surface area contributed by atoms with Crippen molar-refractivity contribution in [1.82, 2.24) is 0 Å². The first-order chi connectivity index (χ1) is 6.61. The van der Waals surface area contributed by atoms with E-state index in [4.69, 9.17) is 4.74 Å². The molecule has 0 aromatic rings. The summed E-state index contributed by atoms with van der Waals surface area (Å²) in [5, 5.41) is 9.83. The highest BCUT2D eigenvalue weighted by Gasteiger charge is 2.16. The molecule has 2 heteroatoms. The largest absolute Gasteiger partial charge is 0.390 e. The molecule has 0 aliphatic heterocycles. The lowest BCUT2D eigenvalue weighted by molar-refractivity contribution is -0.0382. The van der Waals surface area contributed by atoms with Crippen LogP contribution in [0.15, 0.2) is 0 Å². The molecule has 0 aromatic carbocycles. The molecule has 0 aliphatic carbocycles. The highest BCUT2D eigenvalue weighted by Crippen LogP contribution is 2.13. The summed E-state index contributed by atoms with van der Waals surface area (Å²) in [4.78, 5) is 0. The van der Waals surface area contributed by atoms with Crippen LogP contribution < -0.4 is 0 Å². The van der Waals surface area contributed by atoms with Crippen LogP contribution >= 0.6 is 0 Å². The second-order valence-corrected chi connectivity index (χ2v) is 4.29. The van der Waals surface area contributed by atoms with Crippen LogP contribution in [-0.2, 0) is 4.74 Å². The van der Waals surface area contributed by atoms with Crippen molar-refractivity contribution in [3.05, 3.63) is 0 Å². The average Bonchev–Trinajstić information content (AvgIpc) is 2.13. The van der Waals surface area contributed by atoms with Gasteiger partial charge in [-0.2, -0.15) is 0 Å². The lowest BCUT2D eigenvalue weighted by Crippen LogP contribution is -2.28. The van der Waals surface area contributed by atoms with Crippen LogP contribution in [0.2, 0.25) is 0 Å². The van der Waals surface area contributed by atoms with Gasteiger partial charge < -0.3 is 9.84 Å². The Morgan fingerprint density at radius 2 is 1.79 bits per heavy atom. The normalized spacial score (nSPS) is 15.9. The fourth-order valence-electron chi connectivity index (χ4n) is 1.64. The van der Waals surface area contributed by atoms with Crippen molar-refractivity contribution >= 4 is 0 Å². The smallest absolute Gasteiger partial charge is 0.0831 e. The molecule has 0 bridgehead atoms. The Kier molecular flexibility index (Phi) is 8.20. The molecule has 0 radical (unpaired) electrons. The third kappa shape index (κ3) is 6.39. The molecule has 0 saturated heterocycles. The van der Waals surface area contributed by atoms with Gasteiger partial charge in [0.05, 0.1) is 12.2 Å². The molecule has 0 fully saturated rings. The molecular weight excluding hydrogens is 176 g/mol. The first-order valence-electron chi connectivity index (χ1n) is 5.91. The van der Waals surface area contributed by atoms with Gasteiger partial charge in [-0.05, 0) is 25.7 Å². The molecule has 0 aliphatic rings. The lowest BCUT2D eigenvalue weighted by atomic mass is 10.0. The monoisotopic (exact) mass is 202 g/mol. The van der Waals surface area contributed by atoms with Gasteiger partial charge in [0.25, 0.3) is 0 Å². The molecule has 2 nitrogen and oxygen atoms in total. The van der Waals surface area contributed by atoms with Gasteiger partial charge in [0.2, 0.25) is 0 Å². The molecule has 1 N–H and O–H groups in total. The van der Waals surface area contributed by atoms with Crippen molar-refractivity contribution in [3.63, 3.8) is 0 Å². The fraction of sp³-hybridized carbons (Fsp3) is 1.00. The number of hydrogen-bond donors (Lipinski definition) is 1. The Morgan fingerprint density at radius 1 is 1.14 bits per heavy atom. The zero-order chi connectivity index (χ0) is 11.0. The maximum Gasteiger partial charge on any atom is 0.0831 e. The van der Waals surface area contributed by atoms with Gasteiger partial charge >= 0.3 is 0 Å². The molecule has 0 heterocycles. The molecule has 0 spiro atoms. The van der Waals surface area contributed by atoms with E-state index in [2.05, 4.69) is 20.8 Å². The van der Waals surface area contributed by atoms with Crippen molar-refractivity contribution in [1.29, 1.82) is 0 Å².